The maximum Gasteiger partial charge on any atom is 0.129 e. The smallest absolute Gasteiger partial charge is 0.129 e. The Morgan fingerprint density at radius 3 is 2.69 bits per heavy atom. The van der Waals surface area contributed by atoms with Gasteiger partial charge in [0.25, 0.3) is 0 Å². The monoisotopic (exact) mass is 182 g/mol. The summed E-state index contributed by atoms with van der Waals surface area (Å²) in [5.74, 6) is -0.222. The summed E-state index contributed by atoms with van der Waals surface area (Å²) in [6.45, 7) is 3.11. The van der Waals surface area contributed by atoms with Crippen LogP contribution in [0.3, 0.4) is 0 Å². The molecule has 2 N–H and O–H groups in total. The summed E-state index contributed by atoms with van der Waals surface area (Å²) in [4.78, 5) is 1.98. The molecule has 0 atom stereocenters. The van der Waals surface area contributed by atoms with E-state index in [1.165, 1.54) is 6.07 Å². The summed E-state index contributed by atoms with van der Waals surface area (Å²) < 4.78 is 13.2. The summed E-state index contributed by atoms with van der Waals surface area (Å²) in [6.07, 6.45) is 0. The predicted molar refractivity (Wildman–Crippen MR) is 53.2 cm³/mol. The van der Waals surface area contributed by atoms with Crippen LogP contribution >= 0.6 is 0 Å². The van der Waals surface area contributed by atoms with Crippen LogP contribution in [-0.4, -0.2) is 13.6 Å². The first-order valence-electron chi connectivity index (χ1n) is 4.39. The van der Waals surface area contributed by atoms with Gasteiger partial charge in [0.15, 0.2) is 0 Å². The SMILES string of the molecule is CCN(C)c1cccc(F)c1CN. The van der Waals surface area contributed by atoms with E-state index in [1.54, 1.807) is 6.07 Å². The predicted octanol–water partition coefficient (Wildman–Crippen LogP) is 1.74. The molecule has 0 aliphatic carbocycles. The lowest BCUT2D eigenvalue weighted by atomic mass is 10.1. The van der Waals surface area contributed by atoms with Crippen LogP contribution in [0.1, 0.15) is 12.5 Å². The fraction of sp³-hybridized carbons (Fsp3) is 0.400. The Balaban J connectivity index is 3.12. The fourth-order valence-corrected chi connectivity index (χ4v) is 1.28. The normalized spacial score (nSPS) is 10.2. The van der Waals surface area contributed by atoms with Gasteiger partial charge in [-0.1, -0.05) is 6.07 Å². The topological polar surface area (TPSA) is 29.3 Å². The molecule has 1 aromatic rings. The second-order valence-electron chi connectivity index (χ2n) is 2.96. The molecule has 1 aromatic carbocycles. The van der Waals surface area contributed by atoms with Crippen molar-refractivity contribution >= 4 is 5.69 Å². The van der Waals surface area contributed by atoms with E-state index >= 15 is 0 Å². The molecular weight excluding hydrogens is 167 g/mol. The van der Waals surface area contributed by atoms with Crippen molar-refractivity contribution in [3.63, 3.8) is 0 Å². The molecule has 0 aliphatic heterocycles. The molecule has 3 heteroatoms. The van der Waals surface area contributed by atoms with Gasteiger partial charge in [0, 0.05) is 31.4 Å². The molecule has 0 fully saturated rings. The van der Waals surface area contributed by atoms with E-state index in [1.807, 2.05) is 24.9 Å². The van der Waals surface area contributed by atoms with Crippen LogP contribution in [0, 0.1) is 5.82 Å². The molecule has 0 heterocycles. The Bertz CT molecular complexity index is 286. The van der Waals surface area contributed by atoms with Gasteiger partial charge in [-0.3, -0.25) is 0 Å². The highest BCUT2D eigenvalue weighted by atomic mass is 19.1. The highest BCUT2D eigenvalue weighted by Gasteiger charge is 2.08. The van der Waals surface area contributed by atoms with Crippen LogP contribution in [0.4, 0.5) is 10.1 Å². The number of halogens is 1. The second-order valence-corrected chi connectivity index (χ2v) is 2.96. The summed E-state index contributed by atoms with van der Waals surface area (Å²) in [6, 6.07) is 5.03. The molecule has 13 heavy (non-hydrogen) atoms. The molecule has 2 nitrogen and oxygen atoms in total. The number of nitrogens with zero attached hydrogens (tertiary/aromatic N) is 1. The van der Waals surface area contributed by atoms with Gasteiger partial charge in [-0.15, -0.1) is 0 Å². The summed E-state index contributed by atoms with van der Waals surface area (Å²) in [5.41, 5.74) is 6.95. The lowest BCUT2D eigenvalue weighted by Crippen LogP contribution is -2.19. The molecule has 0 unspecified atom stereocenters. The van der Waals surface area contributed by atoms with E-state index in [0.717, 1.165) is 12.2 Å². The quantitative estimate of drug-likeness (QED) is 0.771. The largest absolute Gasteiger partial charge is 0.375 e. The lowest BCUT2D eigenvalue weighted by molar-refractivity contribution is 0.610. The Morgan fingerprint density at radius 1 is 1.46 bits per heavy atom. The number of anilines is 1. The number of hydrogen-bond acceptors (Lipinski definition) is 2. The van der Waals surface area contributed by atoms with Gasteiger partial charge in [-0.05, 0) is 19.1 Å². The zero-order valence-corrected chi connectivity index (χ0v) is 8.05. The van der Waals surface area contributed by atoms with Crippen LogP contribution in [-0.2, 0) is 6.54 Å². The highest BCUT2D eigenvalue weighted by molar-refractivity contribution is 5.53. The first-order chi connectivity index (χ1) is 6.20. The van der Waals surface area contributed by atoms with E-state index in [4.69, 9.17) is 5.73 Å². The number of rotatable bonds is 3. The first-order valence-corrected chi connectivity index (χ1v) is 4.39. The van der Waals surface area contributed by atoms with E-state index in [9.17, 15) is 4.39 Å². The van der Waals surface area contributed by atoms with Crippen molar-refractivity contribution in [2.24, 2.45) is 5.73 Å². The van der Waals surface area contributed by atoms with Gasteiger partial charge in [-0.2, -0.15) is 0 Å². The highest BCUT2D eigenvalue weighted by Crippen LogP contribution is 2.21. The van der Waals surface area contributed by atoms with Gasteiger partial charge >= 0.3 is 0 Å². The molecular formula is C10H15FN2. The lowest BCUT2D eigenvalue weighted by Gasteiger charge is -2.20. The van der Waals surface area contributed by atoms with Crippen molar-refractivity contribution in [2.45, 2.75) is 13.5 Å². The van der Waals surface area contributed by atoms with Crippen molar-refractivity contribution in [2.75, 3.05) is 18.5 Å². The Morgan fingerprint density at radius 2 is 2.15 bits per heavy atom. The summed E-state index contributed by atoms with van der Waals surface area (Å²) in [5, 5.41) is 0. The maximum atomic E-state index is 13.2. The second kappa shape index (κ2) is 4.23. The Labute approximate surface area is 78.2 Å². The molecule has 0 saturated heterocycles. The van der Waals surface area contributed by atoms with Crippen molar-refractivity contribution < 1.29 is 4.39 Å². The van der Waals surface area contributed by atoms with Crippen molar-refractivity contribution in [3.8, 4) is 0 Å². The van der Waals surface area contributed by atoms with Crippen molar-refractivity contribution in [1.82, 2.24) is 0 Å². The van der Waals surface area contributed by atoms with Crippen molar-refractivity contribution in [3.05, 3.63) is 29.6 Å². The van der Waals surface area contributed by atoms with Crippen LogP contribution in [0.5, 0.6) is 0 Å². The molecule has 72 valence electrons. The van der Waals surface area contributed by atoms with Crippen LogP contribution in [0.15, 0.2) is 18.2 Å². The molecule has 0 aliphatic rings. The van der Waals surface area contributed by atoms with Gasteiger partial charge in [0.2, 0.25) is 0 Å². The Kier molecular flexibility index (Phi) is 3.25. The standard InChI is InChI=1S/C10H15FN2/c1-3-13(2)10-6-4-5-9(11)8(10)7-12/h4-6H,3,7,12H2,1-2H3. The minimum Gasteiger partial charge on any atom is -0.375 e. The minimum absolute atomic E-state index is 0.222. The average Bonchev–Trinajstić information content (AvgIpc) is 2.16. The third kappa shape index (κ3) is 1.98. The summed E-state index contributed by atoms with van der Waals surface area (Å²) >= 11 is 0. The number of nitrogens with two attached hydrogens (primary N) is 1. The molecule has 0 bridgehead atoms. The van der Waals surface area contributed by atoms with E-state index in [2.05, 4.69) is 0 Å². The molecule has 0 aromatic heterocycles. The zero-order valence-electron chi connectivity index (χ0n) is 8.05. The molecule has 0 spiro atoms. The zero-order chi connectivity index (χ0) is 9.84. The van der Waals surface area contributed by atoms with E-state index < -0.39 is 0 Å². The average molecular weight is 182 g/mol. The van der Waals surface area contributed by atoms with Crippen LogP contribution in [0.2, 0.25) is 0 Å². The molecule has 1 rings (SSSR count). The maximum absolute atomic E-state index is 13.2. The van der Waals surface area contributed by atoms with Crippen LogP contribution in [0.25, 0.3) is 0 Å². The number of benzene rings is 1. The third-order valence-electron chi connectivity index (χ3n) is 2.18. The number of hydrogen-bond donors (Lipinski definition) is 1. The molecule has 0 amide bonds. The fourth-order valence-electron chi connectivity index (χ4n) is 1.28. The van der Waals surface area contributed by atoms with Crippen LogP contribution < -0.4 is 10.6 Å². The minimum atomic E-state index is -0.222. The van der Waals surface area contributed by atoms with E-state index in [-0.39, 0.29) is 12.4 Å². The van der Waals surface area contributed by atoms with E-state index in [0.29, 0.717) is 5.56 Å². The Hall–Kier alpha value is -1.09. The van der Waals surface area contributed by atoms with Gasteiger partial charge < -0.3 is 10.6 Å². The molecule has 0 radical (unpaired) electrons. The molecule has 0 saturated carbocycles. The van der Waals surface area contributed by atoms with Gasteiger partial charge in [-0.25, -0.2) is 4.39 Å². The first kappa shape index (κ1) is 9.99. The van der Waals surface area contributed by atoms with Gasteiger partial charge in [0.05, 0.1) is 0 Å². The van der Waals surface area contributed by atoms with Crippen molar-refractivity contribution in [1.29, 1.82) is 0 Å². The van der Waals surface area contributed by atoms with Gasteiger partial charge in [0.1, 0.15) is 5.82 Å². The summed E-state index contributed by atoms with van der Waals surface area (Å²) in [7, 11) is 1.92. The third-order valence-corrected chi connectivity index (χ3v) is 2.18.